The lowest BCUT2D eigenvalue weighted by atomic mass is 9.96. The van der Waals surface area contributed by atoms with Crippen LogP contribution in [0.3, 0.4) is 0 Å². The van der Waals surface area contributed by atoms with E-state index in [1.165, 1.54) is 24.3 Å². The molecule has 150 valence electrons. The molecule has 2 aromatic carbocycles. The lowest BCUT2D eigenvalue weighted by molar-refractivity contribution is 0.0804. The Hall–Kier alpha value is -2.83. The molecule has 0 spiro atoms. The summed E-state index contributed by atoms with van der Waals surface area (Å²) in [5, 5.41) is 0. The zero-order valence-electron chi connectivity index (χ0n) is 16.0. The highest BCUT2D eigenvalue weighted by atomic mass is 19.1. The van der Waals surface area contributed by atoms with Gasteiger partial charge in [-0.15, -0.1) is 0 Å². The van der Waals surface area contributed by atoms with Gasteiger partial charge in [0.25, 0.3) is 0 Å². The van der Waals surface area contributed by atoms with Crippen LogP contribution in [0.2, 0.25) is 0 Å². The smallest absolute Gasteiger partial charge is 0.192 e. The molecular weight excluding hydrogens is 372 g/mol. The molecule has 0 unspecified atom stereocenters. The van der Waals surface area contributed by atoms with Crippen LogP contribution in [0.5, 0.6) is 0 Å². The van der Waals surface area contributed by atoms with Crippen molar-refractivity contribution in [1.29, 1.82) is 0 Å². The van der Waals surface area contributed by atoms with E-state index in [9.17, 15) is 13.6 Å². The molecule has 0 amide bonds. The number of rotatable bonds is 6. The van der Waals surface area contributed by atoms with Gasteiger partial charge in [0, 0.05) is 32.4 Å². The molecule has 29 heavy (non-hydrogen) atoms. The number of carbonyl (C=O) groups is 1. The van der Waals surface area contributed by atoms with E-state index in [1.54, 1.807) is 36.5 Å². The number of aromatic amines is 1. The second-order valence-electron chi connectivity index (χ2n) is 7.32. The third kappa shape index (κ3) is 4.60. The average molecular weight is 395 g/mol. The Morgan fingerprint density at radius 1 is 0.862 bits per heavy atom. The fourth-order valence-corrected chi connectivity index (χ4v) is 3.88. The van der Waals surface area contributed by atoms with Crippen molar-refractivity contribution in [1.82, 2.24) is 14.8 Å². The molecule has 0 bridgehead atoms. The van der Waals surface area contributed by atoms with Crippen molar-refractivity contribution >= 4 is 5.78 Å². The predicted molar refractivity (Wildman–Crippen MR) is 108 cm³/mol. The minimum Gasteiger partial charge on any atom is -0.359 e. The number of aromatic nitrogens is 1. The van der Waals surface area contributed by atoms with Gasteiger partial charge in [0.2, 0.25) is 0 Å². The number of ketones is 1. The van der Waals surface area contributed by atoms with E-state index < -0.39 is 0 Å². The Morgan fingerprint density at radius 2 is 1.41 bits per heavy atom. The molecule has 1 fully saturated rings. The second kappa shape index (κ2) is 8.68. The third-order valence-electron chi connectivity index (χ3n) is 5.41. The Labute approximate surface area is 168 Å². The van der Waals surface area contributed by atoms with Crippen molar-refractivity contribution < 1.29 is 13.6 Å². The molecule has 0 saturated carbocycles. The molecule has 4 nitrogen and oxygen atoms in total. The molecular formula is C23H23F2N3O. The Morgan fingerprint density at radius 3 is 1.90 bits per heavy atom. The number of Topliss-reactive ketones (excluding diaryl/α,β-unsaturated/α-hetero) is 1. The van der Waals surface area contributed by atoms with Crippen LogP contribution in [0.25, 0.3) is 0 Å². The van der Waals surface area contributed by atoms with Crippen LogP contribution in [0.1, 0.15) is 27.7 Å². The first kappa shape index (κ1) is 19.5. The van der Waals surface area contributed by atoms with Gasteiger partial charge in [0.05, 0.1) is 18.3 Å². The lowest BCUT2D eigenvalue weighted by Gasteiger charge is -2.39. The summed E-state index contributed by atoms with van der Waals surface area (Å²) in [7, 11) is 0. The zero-order chi connectivity index (χ0) is 20.2. The van der Waals surface area contributed by atoms with E-state index in [1.807, 2.05) is 6.07 Å². The van der Waals surface area contributed by atoms with Crippen LogP contribution in [0.4, 0.5) is 8.78 Å². The maximum Gasteiger partial charge on any atom is 0.192 e. The van der Waals surface area contributed by atoms with Gasteiger partial charge in [0.15, 0.2) is 5.78 Å². The molecule has 3 aromatic rings. The van der Waals surface area contributed by atoms with Crippen LogP contribution in [-0.4, -0.2) is 53.3 Å². The van der Waals surface area contributed by atoms with Crippen molar-refractivity contribution in [2.45, 2.75) is 6.04 Å². The normalized spacial score (nSPS) is 15.7. The number of piperazine rings is 1. The molecule has 1 N–H and O–H groups in total. The summed E-state index contributed by atoms with van der Waals surface area (Å²) in [4.78, 5) is 19.7. The highest BCUT2D eigenvalue weighted by molar-refractivity contribution is 5.95. The summed E-state index contributed by atoms with van der Waals surface area (Å²) in [6, 6.07) is 16.5. The molecule has 0 aliphatic carbocycles. The monoisotopic (exact) mass is 395 g/mol. The van der Waals surface area contributed by atoms with Gasteiger partial charge in [0.1, 0.15) is 11.6 Å². The summed E-state index contributed by atoms with van der Waals surface area (Å²) >= 11 is 0. The predicted octanol–water partition coefficient (Wildman–Crippen LogP) is 3.88. The van der Waals surface area contributed by atoms with Gasteiger partial charge in [-0.3, -0.25) is 14.6 Å². The van der Waals surface area contributed by atoms with Crippen molar-refractivity contribution in [3.05, 3.63) is 95.3 Å². The van der Waals surface area contributed by atoms with E-state index in [4.69, 9.17) is 0 Å². The lowest BCUT2D eigenvalue weighted by Crippen LogP contribution is -2.49. The van der Waals surface area contributed by atoms with E-state index in [0.717, 1.165) is 37.3 Å². The van der Waals surface area contributed by atoms with Crippen molar-refractivity contribution in [2.75, 3.05) is 32.7 Å². The summed E-state index contributed by atoms with van der Waals surface area (Å²) in [6.07, 6.45) is 1.75. The van der Waals surface area contributed by atoms with Gasteiger partial charge in [-0.1, -0.05) is 24.3 Å². The van der Waals surface area contributed by atoms with Gasteiger partial charge in [-0.25, -0.2) is 8.78 Å². The number of carbonyl (C=O) groups excluding carboxylic acids is 1. The number of hydrogen-bond acceptors (Lipinski definition) is 3. The highest BCUT2D eigenvalue weighted by Crippen LogP contribution is 2.30. The standard InChI is InChI=1S/C23H23F2N3O/c24-19-7-3-17(4-8-19)23(18-5-9-20(25)10-6-18)28-14-12-27(13-15-28)16-22(29)21-2-1-11-26-21/h1-11,23,26H,12-16H2. The van der Waals surface area contributed by atoms with E-state index in [-0.39, 0.29) is 23.5 Å². The first-order valence-electron chi connectivity index (χ1n) is 9.74. The molecule has 0 radical (unpaired) electrons. The van der Waals surface area contributed by atoms with Crippen LogP contribution in [0.15, 0.2) is 66.9 Å². The molecule has 4 rings (SSSR count). The third-order valence-corrected chi connectivity index (χ3v) is 5.41. The van der Waals surface area contributed by atoms with Crippen LogP contribution >= 0.6 is 0 Å². The van der Waals surface area contributed by atoms with Crippen molar-refractivity contribution in [3.8, 4) is 0 Å². The van der Waals surface area contributed by atoms with Gasteiger partial charge in [-0.05, 0) is 47.5 Å². The zero-order valence-corrected chi connectivity index (χ0v) is 16.0. The first-order chi connectivity index (χ1) is 14.1. The van der Waals surface area contributed by atoms with E-state index in [0.29, 0.717) is 12.2 Å². The van der Waals surface area contributed by atoms with Crippen LogP contribution in [0, 0.1) is 11.6 Å². The Kier molecular flexibility index (Phi) is 5.83. The number of nitrogens with one attached hydrogen (secondary N) is 1. The van der Waals surface area contributed by atoms with Gasteiger partial charge in [-0.2, -0.15) is 0 Å². The summed E-state index contributed by atoms with van der Waals surface area (Å²) in [5.74, 6) is -0.476. The molecule has 6 heteroatoms. The Balaban J connectivity index is 1.48. The average Bonchev–Trinajstić information content (AvgIpc) is 3.27. The van der Waals surface area contributed by atoms with E-state index in [2.05, 4.69) is 14.8 Å². The summed E-state index contributed by atoms with van der Waals surface area (Å²) < 4.78 is 26.9. The SMILES string of the molecule is O=C(CN1CCN(C(c2ccc(F)cc2)c2ccc(F)cc2)CC1)c1ccc[nH]1. The topological polar surface area (TPSA) is 39.3 Å². The number of nitrogens with zero attached hydrogens (tertiary/aromatic N) is 2. The molecule has 0 atom stereocenters. The molecule has 1 aliphatic rings. The minimum absolute atomic E-state index is 0.0806. The highest BCUT2D eigenvalue weighted by Gasteiger charge is 2.27. The molecule has 1 aromatic heterocycles. The van der Waals surface area contributed by atoms with Crippen molar-refractivity contribution in [2.24, 2.45) is 0 Å². The number of H-pyrrole nitrogens is 1. The maximum atomic E-state index is 13.4. The van der Waals surface area contributed by atoms with Crippen molar-refractivity contribution in [3.63, 3.8) is 0 Å². The second-order valence-corrected chi connectivity index (χ2v) is 7.32. The summed E-state index contributed by atoms with van der Waals surface area (Å²) in [5.41, 5.74) is 2.56. The summed E-state index contributed by atoms with van der Waals surface area (Å²) in [6.45, 7) is 3.41. The maximum absolute atomic E-state index is 13.4. The molecule has 1 saturated heterocycles. The fourth-order valence-electron chi connectivity index (χ4n) is 3.88. The van der Waals surface area contributed by atoms with E-state index >= 15 is 0 Å². The van der Waals surface area contributed by atoms with Crippen LogP contribution in [-0.2, 0) is 0 Å². The Bertz CT molecular complexity index is 886. The quantitative estimate of drug-likeness (QED) is 0.644. The van der Waals surface area contributed by atoms with Gasteiger partial charge >= 0.3 is 0 Å². The molecule has 2 heterocycles. The first-order valence-corrected chi connectivity index (χ1v) is 9.74. The molecule has 1 aliphatic heterocycles. The fraction of sp³-hybridized carbons (Fsp3) is 0.261. The number of benzene rings is 2. The number of hydrogen-bond donors (Lipinski definition) is 1. The largest absolute Gasteiger partial charge is 0.359 e. The van der Waals surface area contributed by atoms with Crippen LogP contribution < -0.4 is 0 Å². The minimum atomic E-state index is -0.278. The number of halogens is 2. The van der Waals surface area contributed by atoms with Gasteiger partial charge < -0.3 is 4.98 Å².